The predicted octanol–water partition coefficient (Wildman–Crippen LogP) is 2.22. The Bertz CT molecular complexity index is 496. The molecule has 1 fully saturated rings. The number of anilines is 1. The monoisotopic (exact) mass is 268 g/mol. The molecule has 4 nitrogen and oxygen atoms in total. The predicted molar refractivity (Wildman–Crippen MR) is 72.7 cm³/mol. The maximum atomic E-state index is 12.5. The second-order valence-electron chi connectivity index (χ2n) is 4.88. The molecule has 1 aromatic rings. The maximum absolute atomic E-state index is 12.5. The Morgan fingerprint density at radius 2 is 1.83 bits per heavy atom. The summed E-state index contributed by atoms with van der Waals surface area (Å²) in [5.74, 6) is 0. The van der Waals surface area contributed by atoms with Gasteiger partial charge >= 0.3 is 0 Å². The van der Waals surface area contributed by atoms with Gasteiger partial charge in [0.15, 0.2) is 0 Å². The van der Waals surface area contributed by atoms with E-state index in [1.54, 1.807) is 28.6 Å². The zero-order chi connectivity index (χ0) is 13.2. The summed E-state index contributed by atoms with van der Waals surface area (Å²) in [7, 11) is -3.37. The third-order valence-electron chi connectivity index (χ3n) is 3.48. The molecule has 100 valence electrons. The lowest BCUT2D eigenvalue weighted by atomic mass is 10.1. The van der Waals surface area contributed by atoms with Crippen molar-refractivity contribution in [3.8, 4) is 0 Å². The molecule has 1 aliphatic heterocycles. The lowest BCUT2D eigenvalue weighted by Crippen LogP contribution is -2.38. The summed E-state index contributed by atoms with van der Waals surface area (Å²) in [5, 5.41) is 0. The van der Waals surface area contributed by atoms with Crippen molar-refractivity contribution < 1.29 is 8.42 Å². The van der Waals surface area contributed by atoms with E-state index in [2.05, 4.69) is 0 Å². The first-order valence-electron chi connectivity index (χ1n) is 6.39. The smallest absolute Gasteiger partial charge is 0.243 e. The first kappa shape index (κ1) is 13.4. The van der Waals surface area contributed by atoms with Gasteiger partial charge in [-0.1, -0.05) is 12.8 Å². The first-order valence-corrected chi connectivity index (χ1v) is 7.83. The quantitative estimate of drug-likeness (QED) is 0.836. The highest BCUT2D eigenvalue weighted by Gasteiger charge is 2.29. The van der Waals surface area contributed by atoms with Crippen molar-refractivity contribution in [3.05, 3.63) is 24.3 Å². The molecule has 0 aromatic heterocycles. The highest BCUT2D eigenvalue weighted by Crippen LogP contribution is 2.24. The van der Waals surface area contributed by atoms with E-state index >= 15 is 0 Å². The summed E-state index contributed by atoms with van der Waals surface area (Å²) in [6.45, 7) is 2.61. The van der Waals surface area contributed by atoms with Crippen LogP contribution in [-0.2, 0) is 10.0 Å². The van der Waals surface area contributed by atoms with Crippen molar-refractivity contribution in [1.82, 2.24) is 4.31 Å². The molecule has 18 heavy (non-hydrogen) atoms. The van der Waals surface area contributed by atoms with Crippen molar-refractivity contribution in [3.63, 3.8) is 0 Å². The maximum Gasteiger partial charge on any atom is 0.243 e. The van der Waals surface area contributed by atoms with Crippen molar-refractivity contribution in [2.75, 3.05) is 12.3 Å². The third kappa shape index (κ3) is 2.67. The van der Waals surface area contributed by atoms with Gasteiger partial charge in [0.05, 0.1) is 4.90 Å². The van der Waals surface area contributed by atoms with Crippen LogP contribution in [0.1, 0.15) is 32.6 Å². The Kier molecular flexibility index (Phi) is 3.92. The van der Waals surface area contributed by atoms with Crippen molar-refractivity contribution in [2.45, 2.75) is 43.5 Å². The minimum absolute atomic E-state index is 0.0788. The largest absolute Gasteiger partial charge is 0.399 e. The van der Waals surface area contributed by atoms with Crippen LogP contribution >= 0.6 is 0 Å². The molecule has 0 aliphatic carbocycles. The van der Waals surface area contributed by atoms with Gasteiger partial charge in [-0.3, -0.25) is 0 Å². The lowest BCUT2D eigenvalue weighted by Gasteiger charge is -2.26. The molecule has 0 saturated carbocycles. The van der Waals surface area contributed by atoms with Gasteiger partial charge in [0.1, 0.15) is 0 Å². The summed E-state index contributed by atoms with van der Waals surface area (Å²) in [6.07, 6.45) is 4.10. The molecule has 0 bridgehead atoms. The lowest BCUT2D eigenvalue weighted by molar-refractivity contribution is 0.342. The summed E-state index contributed by atoms with van der Waals surface area (Å²) < 4.78 is 26.7. The SMILES string of the molecule is CC1CCCCCN1S(=O)(=O)c1ccc(N)cc1. The fourth-order valence-corrected chi connectivity index (χ4v) is 4.08. The molecule has 1 unspecified atom stereocenters. The Hall–Kier alpha value is -1.07. The molecule has 1 saturated heterocycles. The minimum Gasteiger partial charge on any atom is -0.399 e. The Labute approximate surface area is 109 Å². The van der Waals surface area contributed by atoms with E-state index in [-0.39, 0.29) is 6.04 Å². The number of hydrogen-bond donors (Lipinski definition) is 1. The molecule has 5 heteroatoms. The van der Waals surface area contributed by atoms with Crippen LogP contribution in [0, 0.1) is 0 Å². The molecule has 2 N–H and O–H groups in total. The first-order chi connectivity index (χ1) is 8.51. The third-order valence-corrected chi connectivity index (χ3v) is 5.51. The summed E-state index contributed by atoms with van der Waals surface area (Å²) in [4.78, 5) is 0.338. The van der Waals surface area contributed by atoms with Crippen LogP contribution in [0.15, 0.2) is 29.2 Å². The van der Waals surface area contributed by atoms with E-state index in [0.717, 1.165) is 25.7 Å². The Morgan fingerprint density at radius 1 is 1.17 bits per heavy atom. The molecule has 2 rings (SSSR count). The van der Waals surface area contributed by atoms with Gasteiger partial charge in [0.25, 0.3) is 0 Å². The fraction of sp³-hybridized carbons (Fsp3) is 0.538. The zero-order valence-electron chi connectivity index (χ0n) is 10.7. The molecule has 1 aliphatic rings. The van der Waals surface area contributed by atoms with Crippen LogP contribution in [-0.4, -0.2) is 25.3 Å². The van der Waals surface area contributed by atoms with Gasteiger partial charge in [0.2, 0.25) is 10.0 Å². The van der Waals surface area contributed by atoms with Gasteiger partial charge in [-0.05, 0) is 44.0 Å². The van der Waals surface area contributed by atoms with Crippen LogP contribution in [0.4, 0.5) is 5.69 Å². The Morgan fingerprint density at radius 3 is 2.50 bits per heavy atom. The zero-order valence-corrected chi connectivity index (χ0v) is 11.5. The van der Waals surface area contributed by atoms with E-state index in [1.165, 1.54) is 0 Å². The van der Waals surface area contributed by atoms with Crippen LogP contribution in [0.3, 0.4) is 0 Å². The molecule has 0 amide bonds. The molecule has 1 atom stereocenters. The van der Waals surface area contributed by atoms with E-state index < -0.39 is 10.0 Å². The van der Waals surface area contributed by atoms with Gasteiger partial charge in [0, 0.05) is 18.3 Å². The molecule has 1 aromatic carbocycles. The number of nitrogen functional groups attached to an aromatic ring is 1. The van der Waals surface area contributed by atoms with Gasteiger partial charge in [-0.15, -0.1) is 0 Å². The summed E-state index contributed by atoms with van der Waals surface area (Å²) in [5.41, 5.74) is 6.17. The number of benzene rings is 1. The second kappa shape index (κ2) is 5.28. The topological polar surface area (TPSA) is 63.4 Å². The van der Waals surface area contributed by atoms with Crippen molar-refractivity contribution in [1.29, 1.82) is 0 Å². The molecular formula is C13H20N2O2S. The number of rotatable bonds is 2. The van der Waals surface area contributed by atoms with E-state index in [4.69, 9.17) is 5.73 Å². The van der Waals surface area contributed by atoms with Crippen molar-refractivity contribution >= 4 is 15.7 Å². The standard InChI is InChI=1S/C13H20N2O2S/c1-11-5-3-2-4-10-15(11)18(16,17)13-8-6-12(14)7-9-13/h6-9,11H,2-5,10,14H2,1H3. The minimum atomic E-state index is -3.37. The van der Waals surface area contributed by atoms with Crippen LogP contribution < -0.4 is 5.73 Å². The van der Waals surface area contributed by atoms with E-state index in [9.17, 15) is 8.42 Å². The highest BCUT2D eigenvalue weighted by atomic mass is 32.2. The average molecular weight is 268 g/mol. The van der Waals surface area contributed by atoms with Crippen LogP contribution in [0.2, 0.25) is 0 Å². The fourth-order valence-electron chi connectivity index (χ4n) is 2.38. The van der Waals surface area contributed by atoms with Crippen LogP contribution in [0.5, 0.6) is 0 Å². The summed E-state index contributed by atoms with van der Waals surface area (Å²) >= 11 is 0. The van der Waals surface area contributed by atoms with Crippen LogP contribution in [0.25, 0.3) is 0 Å². The molecule has 0 spiro atoms. The number of nitrogens with two attached hydrogens (primary N) is 1. The van der Waals surface area contributed by atoms with E-state index in [0.29, 0.717) is 17.1 Å². The van der Waals surface area contributed by atoms with Gasteiger partial charge in [-0.25, -0.2) is 8.42 Å². The van der Waals surface area contributed by atoms with E-state index in [1.807, 2.05) is 6.92 Å². The molecule has 0 radical (unpaired) electrons. The number of sulfonamides is 1. The Balaban J connectivity index is 2.31. The number of nitrogens with zero attached hydrogens (tertiary/aromatic N) is 1. The van der Waals surface area contributed by atoms with Crippen molar-refractivity contribution in [2.24, 2.45) is 0 Å². The normalized spacial score (nSPS) is 22.6. The highest BCUT2D eigenvalue weighted by molar-refractivity contribution is 7.89. The van der Waals surface area contributed by atoms with Gasteiger partial charge in [-0.2, -0.15) is 4.31 Å². The second-order valence-corrected chi connectivity index (χ2v) is 6.77. The molecular weight excluding hydrogens is 248 g/mol. The summed E-state index contributed by atoms with van der Waals surface area (Å²) in [6, 6.07) is 6.52. The average Bonchev–Trinajstić information content (AvgIpc) is 2.55. The number of hydrogen-bond acceptors (Lipinski definition) is 3. The molecule has 1 heterocycles. The van der Waals surface area contributed by atoms with Gasteiger partial charge < -0.3 is 5.73 Å².